The molecule has 0 heterocycles. The van der Waals surface area contributed by atoms with Crippen LogP contribution in [0.5, 0.6) is 0 Å². The number of hydrogen-bond acceptors (Lipinski definition) is 2. The fourth-order valence-corrected chi connectivity index (χ4v) is 1.70. The Bertz CT molecular complexity index is 347. The highest BCUT2D eigenvalue weighted by Gasteiger charge is 2.29. The summed E-state index contributed by atoms with van der Waals surface area (Å²) in [5.41, 5.74) is 0.329. The highest BCUT2D eigenvalue weighted by Crippen LogP contribution is 2.29. The largest absolute Gasteiger partial charge is 0.416 e. The van der Waals surface area contributed by atoms with Gasteiger partial charge in [-0.15, -0.1) is 0 Å². The molecule has 0 aliphatic rings. The van der Waals surface area contributed by atoms with Gasteiger partial charge in [-0.25, -0.2) is 0 Å². The number of hydrogen-bond donors (Lipinski definition) is 2. The predicted octanol–water partition coefficient (Wildman–Crippen LogP) is 2.84. The van der Waals surface area contributed by atoms with Crippen LogP contribution in [-0.4, -0.2) is 26.2 Å². The number of halogens is 3. The van der Waals surface area contributed by atoms with Gasteiger partial charge < -0.3 is 10.6 Å². The Morgan fingerprint density at radius 2 is 1.47 bits per heavy atom. The van der Waals surface area contributed by atoms with E-state index in [0.29, 0.717) is 0 Å². The van der Waals surface area contributed by atoms with Crippen LogP contribution < -0.4 is 10.6 Å². The fourth-order valence-electron chi connectivity index (χ4n) is 1.70. The number of alkyl halides is 3. The molecule has 2 nitrogen and oxygen atoms in total. The topological polar surface area (TPSA) is 24.1 Å². The zero-order valence-corrected chi connectivity index (χ0v) is 11.2. The van der Waals surface area contributed by atoms with Crippen molar-refractivity contribution in [2.45, 2.75) is 25.9 Å². The smallest absolute Gasteiger partial charge is 0.315 e. The number of rotatable bonds is 8. The summed E-state index contributed by atoms with van der Waals surface area (Å²) in [6.07, 6.45) is -2.39. The van der Waals surface area contributed by atoms with Crippen molar-refractivity contribution in [1.29, 1.82) is 0 Å². The molecule has 1 aromatic rings. The highest BCUT2D eigenvalue weighted by atomic mass is 19.4. The third-order valence-corrected chi connectivity index (χ3v) is 2.78. The third kappa shape index (κ3) is 6.59. The van der Waals surface area contributed by atoms with Crippen LogP contribution in [0.1, 0.15) is 24.5 Å². The first kappa shape index (κ1) is 16.0. The summed E-state index contributed by atoms with van der Waals surface area (Å²) in [5.74, 6) is 0. The summed E-state index contributed by atoms with van der Waals surface area (Å²) in [4.78, 5) is 0. The second-order valence-electron chi connectivity index (χ2n) is 4.44. The molecule has 1 aromatic carbocycles. The fraction of sp³-hybridized carbons (Fsp3) is 0.571. The molecule has 0 atom stereocenters. The Balaban J connectivity index is 2.20. The molecule has 0 aliphatic heterocycles. The minimum atomic E-state index is -4.25. The molecule has 0 spiro atoms. The van der Waals surface area contributed by atoms with E-state index in [1.165, 1.54) is 0 Å². The van der Waals surface area contributed by atoms with Crippen LogP contribution in [-0.2, 0) is 12.6 Å². The molecule has 0 fully saturated rings. The minimum Gasteiger partial charge on any atom is -0.315 e. The van der Waals surface area contributed by atoms with Crippen molar-refractivity contribution in [3.8, 4) is 0 Å². The highest BCUT2D eigenvalue weighted by molar-refractivity contribution is 5.24. The van der Waals surface area contributed by atoms with E-state index >= 15 is 0 Å². The molecule has 0 unspecified atom stereocenters. The Morgan fingerprint density at radius 1 is 0.895 bits per heavy atom. The molecule has 108 valence electrons. The van der Waals surface area contributed by atoms with Gasteiger partial charge in [0, 0.05) is 13.1 Å². The molecule has 0 aromatic heterocycles. The van der Waals surface area contributed by atoms with Crippen molar-refractivity contribution in [2.24, 2.45) is 0 Å². The average Bonchev–Trinajstić information content (AvgIpc) is 2.37. The molecule has 0 radical (unpaired) electrons. The van der Waals surface area contributed by atoms with Crippen LogP contribution in [0.15, 0.2) is 24.3 Å². The lowest BCUT2D eigenvalue weighted by Gasteiger charge is -2.08. The van der Waals surface area contributed by atoms with Crippen LogP contribution in [0.4, 0.5) is 13.2 Å². The van der Waals surface area contributed by atoms with Crippen molar-refractivity contribution >= 4 is 0 Å². The summed E-state index contributed by atoms with van der Waals surface area (Å²) in [6, 6.07) is 5.36. The van der Waals surface area contributed by atoms with E-state index in [0.717, 1.165) is 56.7 Å². The van der Waals surface area contributed by atoms with E-state index in [9.17, 15) is 13.2 Å². The maximum atomic E-state index is 12.4. The van der Waals surface area contributed by atoms with Gasteiger partial charge in [0.05, 0.1) is 5.56 Å². The van der Waals surface area contributed by atoms with Gasteiger partial charge in [-0.05, 0) is 43.6 Å². The van der Waals surface area contributed by atoms with Crippen molar-refractivity contribution in [1.82, 2.24) is 10.6 Å². The van der Waals surface area contributed by atoms with Gasteiger partial charge >= 0.3 is 6.18 Å². The average molecular weight is 274 g/mol. The molecule has 0 bridgehead atoms. The lowest BCUT2D eigenvalue weighted by molar-refractivity contribution is -0.137. The lowest BCUT2D eigenvalue weighted by atomic mass is 10.1. The molecule has 2 N–H and O–H groups in total. The number of benzene rings is 1. The van der Waals surface area contributed by atoms with E-state index < -0.39 is 11.7 Å². The third-order valence-electron chi connectivity index (χ3n) is 2.78. The van der Waals surface area contributed by atoms with Gasteiger partial charge in [0.1, 0.15) is 0 Å². The monoisotopic (exact) mass is 274 g/mol. The van der Waals surface area contributed by atoms with Crippen LogP contribution in [0.3, 0.4) is 0 Å². The van der Waals surface area contributed by atoms with E-state index in [-0.39, 0.29) is 0 Å². The first-order valence-corrected chi connectivity index (χ1v) is 6.61. The van der Waals surface area contributed by atoms with Gasteiger partial charge in [-0.1, -0.05) is 19.1 Å². The van der Waals surface area contributed by atoms with E-state index in [1.54, 1.807) is 12.1 Å². The van der Waals surface area contributed by atoms with Crippen LogP contribution in [0, 0.1) is 0 Å². The SMILES string of the molecule is CCCNCCNCCc1ccc(C(F)(F)F)cc1. The lowest BCUT2D eigenvalue weighted by Crippen LogP contribution is -2.29. The van der Waals surface area contributed by atoms with Crippen LogP contribution in [0.25, 0.3) is 0 Å². The molecule has 5 heteroatoms. The Labute approximate surface area is 112 Å². The molecule has 0 saturated carbocycles. The van der Waals surface area contributed by atoms with E-state index in [1.807, 2.05) is 0 Å². The van der Waals surface area contributed by atoms with Gasteiger partial charge in [0.2, 0.25) is 0 Å². The molecule has 0 saturated heterocycles. The molecule has 0 amide bonds. The van der Waals surface area contributed by atoms with Crippen LogP contribution >= 0.6 is 0 Å². The second-order valence-corrected chi connectivity index (χ2v) is 4.44. The normalized spacial score (nSPS) is 11.8. The summed E-state index contributed by atoms with van der Waals surface area (Å²) >= 11 is 0. The van der Waals surface area contributed by atoms with Gasteiger partial charge in [0.15, 0.2) is 0 Å². The first-order valence-electron chi connectivity index (χ1n) is 6.61. The van der Waals surface area contributed by atoms with Gasteiger partial charge in [0.25, 0.3) is 0 Å². The van der Waals surface area contributed by atoms with Gasteiger partial charge in [-0.2, -0.15) is 13.2 Å². The maximum Gasteiger partial charge on any atom is 0.416 e. The Hall–Kier alpha value is -1.07. The summed E-state index contributed by atoms with van der Waals surface area (Å²) in [5, 5.41) is 6.52. The molecule has 19 heavy (non-hydrogen) atoms. The quantitative estimate of drug-likeness (QED) is 0.712. The maximum absolute atomic E-state index is 12.4. The predicted molar refractivity (Wildman–Crippen MR) is 71.2 cm³/mol. The number of nitrogens with one attached hydrogen (secondary N) is 2. The van der Waals surface area contributed by atoms with Crippen molar-refractivity contribution < 1.29 is 13.2 Å². The van der Waals surface area contributed by atoms with Gasteiger partial charge in [-0.3, -0.25) is 0 Å². The summed E-state index contributed by atoms with van der Waals surface area (Å²) < 4.78 is 37.1. The van der Waals surface area contributed by atoms with E-state index in [2.05, 4.69) is 17.6 Å². The van der Waals surface area contributed by atoms with Crippen molar-refractivity contribution in [3.63, 3.8) is 0 Å². The standard InChI is InChI=1S/C14H21F3N2/c1-2-8-18-10-11-19-9-7-12-3-5-13(6-4-12)14(15,16)17/h3-6,18-19H,2,7-11H2,1H3. The summed E-state index contributed by atoms with van der Waals surface area (Å²) in [7, 11) is 0. The van der Waals surface area contributed by atoms with Crippen molar-refractivity contribution in [3.05, 3.63) is 35.4 Å². The first-order chi connectivity index (χ1) is 9.04. The molecular weight excluding hydrogens is 253 g/mol. The second kappa shape index (κ2) is 8.17. The van der Waals surface area contributed by atoms with Crippen molar-refractivity contribution in [2.75, 3.05) is 26.2 Å². The zero-order valence-electron chi connectivity index (χ0n) is 11.2. The zero-order chi connectivity index (χ0) is 14.1. The molecular formula is C14H21F3N2. The molecule has 0 aliphatic carbocycles. The minimum absolute atomic E-state index is 0.590. The Kier molecular flexibility index (Phi) is 6.87. The van der Waals surface area contributed by atoms with E-state index in [4.69, 9.17) is 0 Å². The summed E-state index contributed by atoms with van der Waals surface area (Å²) in [6.45, 7) is 5.70. The Morgan fingerprint density at radius 3 is 2.00 bits per heavy atom. The molecule has 1 rings (SSSR count). The van der Waals surface area contributed by atoms with Crippen LogP contribution in [0.2, 0.25) is 0 Å².